The van der Waals surface area contributed by atoms with Crippen molar-refractivity contribution in [2.45, 2.75) is 20.8 Å². The second-order valence-corrected chi connectivity index (χ2v) is 2.73. The van der Waals surface area contributed by atoms with E-state index in [9.17, 15) is 0 Å². The first-order valence-electron chi connectivity index (χ1n) is 2.66. The SMILES string of the molecule is CC(=CN=C(C)C)SO. The van der Waals surface area contributed by atoms with E-state index in [0.29, 0.717) is 0 Å². The molecule has 0 rings (SSSR count). The third-order valence-electron chi connectivity index (χ3n) is 0.649. The van der Waals surface area contributed by atoms with Gasteiger partial charge in [0.25, 0.3) is 0 Å². The Labute approximate surface area is 59.9 Å². The van der Waals surface area contributed by atoms with Crippen LogP contribution in [0.3, 0.4) is 0 Å². The Morgan fingerprint density at radius 2 is 2.00 bits per heavy atom. The highest BCUT2D eigenvalue weighted by atomic mass is 32.2. The highest BCUT2D eigenvalue weighted by Crippen LogP contribution is 2.08. The van der Waals surface area contributed by atoms with Crippen LogP contribution in [-0.2, 0) is 0 Å². The minimum absolute atomic E-state index is 0.721. The van der Waals surface area contributed by atoms with Crippen molar-refractivity contribution in [3.8, 4) is 0 Å². The zero-order valence-electron chi connectivity index (χ0n) is 5.88. The molecule has 0 fully saturated rings. The Kier molecular flexibility index (Phi) is 4.44. The van der Waals surface area contributed by atoms with Crippen LogP contribution in [0.1, 0.15) is 20.8 Å². The molecule has 0 saturated heterocycles. The minimum Gasteiger partial charge on any atom is -0.326 e. The van der Waals surface area contributed by atoms with Gasteiger partial charge in [0.2, 0.25) is 0 Å². The molecule has 0 aliphatic heterocycles. The van der Waals surface area contributed by atoms with Gasteiger partial charge in [-0.15, -0.1) is 0 Å². The fourth-order valence-electron chi connectivity index (χ4n) is 0.244. The molecule has 0 heterocycles. The largest absolute Gasteiger partial charge is 0.326 e. The minimum atomic E-state index is 0.721. The Balaban J connectivity index is 3.83. The average Bonchev–Trinajstić information content (AvgIpc) is 1.83. The quantitative estimate of drug-likeness (QED) is 0.478. The Hall–Kier alpha value is -0.280. The maximum Gasteiger partial charge on any atom is 0.0382 e. The topological polar surface area (TPSA) is 32.6 Å². The van der Waals surface area contributed by atoms with E-state index in [-0.39, 0.29) is 0 Å². The lowest BCUT2D eigenvalue weighted by Gasteiger charge is -1.87. The predicted octanol–water partition coefficient (Wildman–Crippen LogP) is 2.53. The number of aliphatic imine (C=N–C) groups is 1. The predicted molar refractivity (Wildman–Crippen MR) is 42.8 cm³/mol. The summed E-state index contributed by atoms with van der Waals surface area (Å²) in [5, 5.41) is 0. The van der Waals surface area contributed by atoms with Crippen molar-refractivity contribution >= 4 is 17.8 Å². The van der Waals surface area contributed by atoms with Crippen LogP contribution in [0.15, 0.2) is 16.1 Å². The van der Waals surface area contributed by atoms with E-state index in [2.05, 4.69) is 4.99 Å². The van der Waals surface area contributed by atoms with Crippen molar-refractivity contribution in [1.82, 2.24) is 0 Å². The van der Waals surface area contributed by atoms with Gasteiger partial charge in [-0.2, -0.15) is 0 Å². The van der Waals surface area contributed by atoms with Crippen LogP contribution < -0.4 is 0 Å². The maximum atomic E-state index is 8.43. The second-order valence-electron chi connectivity index (χ2n) is 1.91. The third-order valence-corrected chi connectivity index (χ3v) is 1.04. The van der Waals surface area contributed by atoms with Gasteiger partial charge in [0, 0.05) is 28.9 Å². The number of rotatable bonds is 2. The van der Waals surface area contributed by atoms with Crippen LogP contribution in [0.5, 0.6) is 0 Å². The zero-order valence-corrected chi connectivity index (χ0v) is 6.70. The molecule has 0 saturated carbocycles. The van der Waals surface area contributed by atoms with E-state index >= 15 is 0 Å². The first-order chi connectivity index (χ1) is 4.16. The first-order valence-corrected chi connectivity index (χ1v) is 3.43. The smallest absolute Gasteiger partial charge is 0.0382 e. The van der Waals surface area contributed by atoms with E-state index in [1.54, 1.807) is 13.1 Å². The molecule has 2 nitrogen and oxygen atoms in total. The Bertz CT molecular complexity index is 136. The standard InChI is InChI=1S/C6H11NOS/c1-5(2)7-4-6(3)9-8/h4,8H,1-3H3. The molecular formula is C6H11NOS. The fraction of sp³-hybridized carbons (Fsp3) is 0.500. The molecule has 0 spiro atoms. The molecule has 0 unspecified atom stereocenters. The summed E-state index contributed by atoms with van der Waals surface area (Å²) in [6.45, 7) is 5.62. The molecule has 0 bridgehead atoms. The molecule has 9 heavy (non-hydrogen) atoms. The molecule has 0 aromatic heterocycles. The monoisotopic (exact) mass is 145 g/mol. The summed E-state index contributed by atoms with van der Waals surface area (Å²) in [6.07, 6.45) is 1.64. The zero-order chi connectivity index (χ0) is 7.28. The van der Waals surface area contributed by atoms with E-state index in [1.807, 2.05) is 13.8 Å². The lowest BCUT2D eigenvalue weighted by atomic mass is 10.5. The molecule has 0 aliphatic carbocycles. The van der Waals surface area contributed by atoms with E-state index < -0.39 is 0 Å². The molecule has 0 aromatic carbocycles. The second kappa shape index (κ2) is 4.58. The van der Waals surface area contributed by atoms with Gasteiger partial charge in [-0.25, -0.2) is 0 Å². The van der Waals surface area contributed by atoms with Gasteiger partial charge in [0.05, 0.1) is 0 Å². The lowest BCUT2D eigenvalue weighted by Crippen LogP contribution is -1.76. The summed E-state index contributed by atoms with van der Waals surface area (Å²) in [5.74, 6) is 0. The van der Waals surface area contributed by atoms with Crippen molar-refractivity contribution in [3.63, 3.8) is 0 Å². The Morgan fingerprint density at radius 1 is 1.44 bits per heavy atom. The van der Waals surface area contributed by atoms with Crippen molar-refractivity contribution in [1.29, 1.82) is 0 Å². The van der Waals surface area contributed by atoms with Gasteiger partial charge in [-0.3, -0.25) is 4.99 Å². The van der Waals surface area contributed by atoms with Gasteiger partial charge in [0.15, 0.2) is 0 Å². The fourth-order valence-corrected chi connectivity index (χ4v) is 0.343. The van der Waals surface area contributed by atoms with Crippen LogP contribution in [0.4, 0.5) is 0 Å². The van der Waals surface area contributed by atoms with Gasteiger partial charge < -0.3 is 4.55 Å². The normalized spacial score (nSPS) is 11.3. The highest BCUT2D eigenvalue weighted by molar-refractivity contribution is 7.97. The molecule has 1 N–H and O–H groups in total. The molecule has 52 valence electrons. The van der Waals surface area contributed by atoms with E-state index in [4.69, 9.17) is 4.55 Å². The van der Waals surface area contributed by atoms with Gasteiger partial charge in [-0.05, 0) is 20.8 Å². The van der Waals surface area contributed by atoms with Crippen LogP contribution in [-0.4, -0.2) is 10.3 Å². The molecule has 0 aliphatic rings. The lowest BCUT2D eigenvalue weighted by molar-refractivity contribution is 0.669. The van der Waals surface area contributed by atoms with Gasteiger partial charge in [-0.1, -0.05) is 0 Å². The summed E-state index contributed by atoms with van der Waals surface area (Å²) in [4.78, 5) is 4.77. The molecule has 0 aromatic rings. The summed E-state index contributed by atoms with van der Waals surface area (Å²) in [6, 6.07) is 0. The molecule has 0 amide bonds. The third kappa shape index (κ3) is 5.59. The van der Waals surface area contributed by atoms with Crippen LogP contribution in [0, 0.1) is 0 Å². The van der Waals surface area contributed by atoms with Crippen LogP contribution in [0.2, 0.25) is 0 Å². The highest BCUT2D eigenvalue weighted by Gasteiger charge is 1.81. The van der Waals surface area contributed by atoms with Crippen molar-refractivity contribution in [2.75, 3.05) is 0 Å². The van der Waals surface area contributed by atoms with Crippen LogP contribution in [0.25, 0.3) is 0 Å². The maximum absolute atomic E-state index is 8.43. The molecule has 0 radical (unpaired) electrons. The number of hydrogen-bond acceptors (Lipinski definition) is 3. The summed E-state index contributed by atoms with van der Waals surface area (Å²) < 4.78 is 8.43. The van der Waals surface area contributed by atoms with Crippen molar-refractivity contribution in [2.24, 2.45) is 4.99 Å². The van der Waals surface area contributed by atoms with Gasteiger partial charge >= 0.3 is 0 Å². The molecular weight excluding hydrogens is 134 g/mol. The molecule has 3 heteroatoms. The van der Waals surface area contributed by atoms with Gasteiger partial charge in [0.1, 0.15) is 0 Å². The summed E-state index contributed by atoms with van der Waals surface area (Å²) in [5.41, 5.74) is 0.989. The van der Waals surface area contributed by atoms with E-state index in [1.165, 1.54) is 0 Å². The Morgan fingerprint density at radius 3 is 2.33 bits per heavy atom. The molecule has 0 atom stereocenters. The van der Waals surface area contributed by atoms with Crippen LogP contribution >= 0.6 is 12.0 Å². The van der Waals surface area contributed by atoms with Crippen molar-refractivity contribution < 1.29 is 4.55 Å². The average molecular weight is 145 g/mol. The number of hydrogen-bond donors (Lipinski definition) is 1. The first kappa shape index (κ1) is 8.72. The number of nitrogens with zero attached hydrogens (tertiary/aromatic N) is 1. The van der Waals surface area contributed by atoms with Crippen molar-refractivity contribution in [3.05, 3.63) is 11.1 Å². The van der Waals surface area contributed by atoms with E-state index in [0.717, 1.165) is 22.7 Å². The summed E-state index contributed by atoms with van der Waals surface area (Å²) in [7, 11) is 0. The summed E-state index contributed by atoms with van der Waals surface area (Å²) >= 11 is 0.721. The number of allylic oxidation sites excluding steroid dienone is 1.